The Morgan fingerprint density at radius 3 is 3.05 bits per heavy atom. The van der Waals surface area contributed by atoms with Gasteiger partial charge in [0.1, 0.15) is 18.3 Å². The monoisotopic (exact) mass is 285 g/mol. The van der Waals surface area contributed by atoms with Gasteiger partial charge in [-0.25, -0.2) is 0 Å². The molecular weight excluding hydrogens is 270 g/mol. The third-order valence-electron chi connectivity index (χ3n) is 3.86. The van der Waals surface area contributed by atoms with E-state index in [1.54, 1.807) is 0 Å². The Kier molecular flexibility index (Phi) is 2.87. The third-order valence-corrected chi connectivity index (χ3v) is 3.86. The second kappa shape index (κ2) is 4.87. The van der Waals surface area contributed by atoms with Crippen molar-refractivity contribution in [1.82, 2.24) is 15.5 Å². The highest BCUT2D eigenvalue weighted by Crippen LogP contribution is 2.38. The number of amides is 1. The van der Waals surface area contributed by atoms with E-state index >= 15 is 0 Å². The Labute approximate surface area is 121 Å². The topological polar surface area (TPSA) is 77.3 Å². The minimum absolute atomic E-state index is 0.0777. The summed E-state index contributed by atoms with van der Waals surface area (Å²) in [5.74, 6) is 2.10. The van der Waals surface area contributed by atoms with Crippen LogP contribution in [0.15, 0.2) is 28.8 Å². The van der Waals surface area contributed by atoms with Crippen LogP contribution in [-0.4, -0.2) is 22.7 Å². The summed E-state index contributed by atoms with van der Waals surface area (Å²) in [4.78, 5) is 16.5. The van der Waals surface area contributed by atoms with Crippen molar-refractivity contribution in [2.45, 2.75) is 31.2 Å². The average molecular weight is 285 g/mol. The van der Waals surface area contributed by atoms with Crippen LogP contribution in [0.5, 0.6) is 5.75 Å². The molecule has 1 aliphatic carbocycles. The maximum Gasteiger partial charge on any atom is 0.246 e. The number of carbonyl (C=O) groups is 1. The molecule has 0 unspecified atom stereocenters. The number of ether oxygens (including phenoxy) is 1. The standard InChI is InChI=1S/C15H15N3O3/c19-15(11-8-20-12-4-2-1-3-10(11)12)16-7-13-17-14(18-21-13)9-5-6-9/h1-4,9,11H,5-8H2,(H,16,19)/t11-/m1/s1. The number of aromatic nitrogens is 2. The molecular formula is C15H15N3O3. The number of nitrogens with zero attached hydrogens (tertiary/aromatic N) is 2. The van der Waals surface area contributed by atoms with E-state index in [0.717, 1.165) is 30.0 Å². The Balaban J connectivity index is 1.39. The van der Waals surface area contributed by atoms with Crippen molar-refractivity contribution in [3.8, 4) is 5.75 Å². The molecule has 1 aliphatic heterocycles. The summed E-state index contributed by atoms with van der Waals surface area (Å²) in [6.07, 6.45) is 2.25. The third kappa shape index (κ3) is 2.37. The average Bonchev–Trinajstić information content (AvgIpc) is 3.10. The van der Waals surface area contributed by atoms with E-state index in [4.69, 9.17) is 9.26 Å². The lowest BCUT2D eigenvalue weighted by Gasteiger charge is -2.08. The number of benzene rings is 1. The van der Waals surface area contributed by atoms with Crippen molar-refractivity contribution < 1.29 is 14.1 Å². The molecule has 2 heterocycles. The summed E-state index contributed by atoms with van der Waals surface area (Å²) in [5, 5.41) is 6.77. The van der Waals surface area contributed by atoms with Crippen LogP contribution in [0.25, 0.3) is 0 Å². The lowest BCUT2D eigenvalue weighted by Crippen LogP contribution is -2.29. The minimum Gasteiger partial charge on any atom is -0.492 e. The number of hydrogen-bond acceptors (Lipinski definition) is 5. The number of nitrogens with one attached hydrogen (secondary N) is 1. The molecule has 1 aromatic heterocycles. The molecule has 1 aromatic carbocycles. The van der Waals surface area contributed by atoms with E-state index in [9.17, 15) is 4.79 Å². The fraction of sp³-hybridized carbons (Fsp3) is 0.400. The number of hydrogen-bond donors (Lipinski definition) is 1. The highest BCUT2D eigenvalue weighted by atomic mass is 16.5. The Morgan fingerprint density at radius 2 is 2.19 bits per heavy atom. The van der Waals surface area contributed by atoms with Gasteiger partial charge in [0, 0.05) is 11.5 Å². The van der Waals surface area contributed by atoms with Gasteiger partial charge in [0.05, 0.1) is 6.54 Å². The molecule has 6 heteroatoms. The first-order chi connectivity index (χ1) is 10.3. The van der Waals surface area contributed by atoms with Gasteiger partial charge in [-0.15, -0.1) is 0 Å². The number of fused-ring (bicyclic) bond motifs is 1. The van der Waals surface area contributed by atoms with Gasteiger partial charge in [-0.3, -0.25) is 4.79 Å². The van der Waals surface area contributed by atoms with Gasteiger partial charge < -0.3 is 14.6 Å². The Morgan fingerprint density at radius 1 is 1.33 bits per heavy atom. The molecule has 2 aliphatic rings. The SMILES string of the molecule is O=C(NCc1nc(C2CC2)no1)[C@@H]1COc2ccccc21. The van der Waals surface area contributed by atoms with Crippen LogP contribution in [0.4, 0.5) is 0 Å². The zero-order valence-corrected chi connectivity index (χ0v) is 11.4. The Bertz CT molecular complexity index is 678. The lowest BCUT2D eigenvalue weighted by molar-refractivity contribution is -0.123. The fourth-order valence-electron chi connectivity index (χ4n) is 2.51. The first-order valence-corrected chi connectivity index (χ1v) is 7.13. The molecule has 1 fully saturated rings. The van der Waals surface area contributed by atoms with Crippen molar-refractivity contribution in [2.75, 3.05) is 6.61 Å². The van der Waals surface area contributed by atoms with E-state index in [-0.39, 0.29) is 18.4 Å². The molecule has 0 bridgehead atoms. The second-order valence-electron chi connectivity index (χ2n) is 5.44. The fourth-order valence-corrected chi connectivity index (χ4v) is 2.51. The molecule has 0 radical (unpaired) electrons. The molecule has 108 valence electrons. The van der Waals surface area contributed by atoms with Crippen LogP contribution in [0.3, 0.4) is 0 Å². The van der Waals surface area contributed by atoms with Gasteiger partial charge in [0.15, 0.2) is 5.82 Å². The number of carbonyl (C=O) groups excluding carboxylic acids is 1. The van der Waals surface area contributed by atoms with E-state index < -0.39 is 0 Å². The van der Waals surface area contributed by atoms with Gasteiger partial charge in [-0.1, -0.05) is 23.4 Å². The van der Waals surface area contributed by atoms with Crippen LogP contribution in [0.1, 0.15) is 42.0 Å². The highest BCUT2D eigenvalue weighted by Gasteiger charge is 2.31. The van der Waals surface area contributed by atoms with E-state index in [1.165, 1.54) is 0 Å². The molecule has 0 spiro atoms. The van der Waals surface area contributed by atoms with Crippen LogP contribution >= 0.6 is 0 Å². The van der Waals surface area contributed by atoms with Crippen LogP contribution in [0, 0.1) is 0 Å². The predicted octanol–water partition coefficient (Wildman–Crippen LogP) is 1.74. The molecule has 1 atom stereocenters. The summed E-state index contributed by atoms with van der Waals surface area (Å²) in [6.45, 7) is 0.638. The van der Waals surface area contributed by atoms with Crippen LogP contribution < -0.4 is 10.1 Å². The summed E-state index contributed by atoms with van der Waals surface area (Å²) < 4.78 is 10.7. The van der Waals surface area contributed by atoms with E-state index in [1.807, 2.05) is 24.3 Å². The molecule has 1 saturated carbocycles. The van der Waals surface area contributed by atoms with Crippen molar-refractivity contribution in [3.63, 3.8) is 0 Å². The first-order valence-electron chi connectivity index (χ1n) is 7.13. The maximum absolute atomic E-state index is 12.3. The molecule has 1 N–H and O–H groups in total. The smallest absolute Gasteiger partial charge is 0.246 e. The van der Waals surface area contributed by atoms with Crippen LogP contribution in [-0.2, 0) is 11.3 Å². The summed E-state index contributed by atoms with van der Waals surface area (Å²) >= 11 is 0. The van der Waals surface area contributed by atoms with Crippen molar-refractivity contribution in [2.24, 2.45) is 0 Å². The maximum atomic E-state index is 12.3. The van der Waals surface area contributed by atoms with Crippen molar-refractivity contribution in [1.29, 1.82) is 0 Å². The lowest BCUT2D eigenvalue weighted by atomic mass is 10.0. The molecule has 4 rings (SSSR count). The molecule has 0 saturated heterocycles. The van der Waals surface area contributed by atoms with Gasteiger partial charge in [0.25, 0.3) is 0 Å². The normalized spacial score (nSPS) is 19.9. The van der Waals surface area contributed by atoms with Crippen molar-refractivity contribution in [3.05, 3.63) is 41.5 Å². The second-order valence-corrected chi connectivity index (χ2v) is 5.44. The number of rotatable bonds is 4. The quantitative estimate of drug-likeness (QED) is 0.925. The van der Waals surface area contributed by atoms with Gasteiger partial charge in [-0.2, -0.15) is 4.98 Å². The summed E-state index contributed by atoms with van der Waals surface area (Å²) in [7, 11) is 0. The summed E-state index contributed by atoms with van der Waals surface area (Å²) in [6, 6.07) is 7.61. The highest BCUT2D eigenvalue weighted by molar-refractivity contribution is 5.85. The molecule has 6 nitrogen and oxygen atoms in total. The van der Waals surface area contributed by atoms with Gasteiger partial charge in [-0.05, 0) is 18.9 Å². The predicted molar refractivity (Wildman–Crippen MR) is 72.8 cm³/mol. The van der Waals surface area contributed by atoms with Gasteiger partial charge >= 0.3 is 0 Å². The van der Waals surface area contributed by atoms with Gasteiger partial charge in [0.2, 0.25) is 11.8 Å². The van der Waals surface area contributed by atoms with E-state index in [0.29, 0.717) is 18.4 Å². The van der Waals surface area contributed by atoms with E-state index in [2.05, 4.69) is 15.5 Å². The largest absolute Gasteiger partial charge is 0.492 e. The van der Waals surface area contributed by atoms with Crippen LogP contribution in [0.2, 0.25) is 0 Å². The Hall–Kier alpha value is -2.37. The summed E-state index contributed by atoms with van der Waals surface area (Å²) in [5.41, 5.74) is 0.930. The first kappa shape index (κ1) is 12.4. The minimum atomic E-state index is -0.271. The molecule has 1 amide bonds. The van der Waals surface area contributed by atoms with Crippen molar-refractivity contribution >= 4 is 5.91 Å². The molecule has 21 heavy (non-hydrogen) atoms. The zero-order chi connectivity index (χ0) is 14.2. The number of para-hydroxylation sites is 1. The zero-order valence-electron chi connectivity index (χ0n) is 11.4. The molecule has 2 aromatic rings.